The maximum Gasteiger partial charge on any atom is 0.290 e. The molecule has 1 atom stereocenters. The van der Waals surface area contributed by atoms with Crippen LogP contribution < -0.4 is 17.0 Å². The van der Waals surface area contributed by atoms with Crippen LogP contribution in [0.2, 0.25) is 0 Å². The van der Waals surface area contributed by atoms with Crippen LogP contribution in [0.3, 0.4) is 0 Å². The van der Waals surface area contributed by atoms with E-state index < -0.39 is 17.5 Å². The third-order valence-corrected chi connectivity index (χ3v) is 3.41. The Bertz CT molecular complexity index is 633. The second-order valence-corrected chi connectivity index (χ2v) is 4.74. The van der Waals surface area contributed by atoms with Crippen molar-refractivity contribution in [2.45, 2.75) is 13.0 Å². The number of nitrogen functional groups attached to an aromatic ring is 1. The Kier molecular flexibility index (Phi) is 3.15. The van der Waals surface area contributed by atoms with E-state index in [-0.39, 0.29) is 5.69 Å². The molecule has 2 aromatic heterocycles. The van der Waals surface area contributed by atoms with Gasteiger partial charge in [-0.15, -0.1) is 11.3 Å². The van der Waals surface area contributed by atoms with Gasteiger partial charge in [-0.2, -0.15) is 5.10 Å². The summed E-state index contributed by atoms with van der Waals surface area (Å²) in [6, 6.07) is 4.39. The van der Waals surface area contributed by atoms with Crippen molar-refractivity contribution in [2.75, 3.05) is 5.73 Å². The van der Waals surface area contributed by atoms with Crippen molar-refractivity contribution in [3.8, 4) is 10.6 Å². The molecule has 1 unspecified atom stereocenters. The number of carbonyl (C=O) groups is 1. The lowest BCUT2D eigenvalue weighted by Gasteiger charge is -2.12. The highest BCUT2D eigenvalue weighted by atomic mass is 32.1. The van der Waals surface area contributed by atoms with Gasteiger partial charge in [0.2, 0.25) is 5.91 Å². The van der Waals surface area contributed by atoms with Crippen molar-refractivity contribution in [2.24, 2.45) is 5.73 Å². The molecule has 2 rings (SSSR count). The van der Waals surface area contributed by atoms with E-state index >= 15 is 0 Å². The maximum absolute atomic E-state index is 11.8. The number of nitrogens with two attached hydrogens (primary N) is 2. The summed E-state index contributed by atoms with van der Waals surface area (Å²) in [6.45, 7) is 1.51. The molecule has 4 N–H and O–H groups in total. The van der Waals surface area contributed by atoms with E-state index in [9.17, 15) is 9.59 Å². The second kappa shape index (κ2) is 4.61. The first kappa shape index (κ1) is 12.3. The van der Waals surface area contributed by atoms with Gasteiger partial charge in [-0.05, 0) is 24.4 Å². The minimum absolute atomic E-state index is 0.0431. The summed E-state index contributed by atoms with van der Waals surface area (Å²) in [5, 5.41) is 6.02. The lowest BCUT2D eigenvalue weighted by Crippen LogP contribution is -2.35. The van der Waals surface area contributed by atoms with Crippen LogP contribution in [0.15, 0.2) is 28.4 Å². The summed E-state index contributed by atoms with van der Waals surface area (Å²) < 4.78 is 1.02. The number of hydrogen-bond acceptors (Lipinski definition) is 5. The first-order valence-corrected chi connectivity index (χ1v) is 6.11. The molecule has 0 aliphatic rings. The van der Waals surface area contributed by atoms with E-state index in [1.807, 2.05) is 17.5 Å². The van der Waals surface area contributed by atoms with Crippen LogP contribution in [-0.2, 0) is 4.79 Å². The monoisotopic (exact) mass is 264 g/mol. The second-order valence-electron chi connectivity index (χ2n) is 3.79. The first-order chi connectivity index (χ1) is 8.50. The van der Waals surface area contributed by atoms with E-state index in [4.69, 9.17) is 11.5 Å². The van der Waals surface area contributed by atoms with E-state index in [2.05, 4.69) is 5.10 Å². The zero-order chi connectivity index (χ0) is 13.3. The molecule has 1 amide bonds. The highest BCUT2D eigenvalue weighted by Crippen LogP contribution is 2.23. The molecule has 0 spiro atoms. The molecule has 0 aliphatic carbocycles. The fourth-order valence-electron chi connectivity index (χ4n) is 1.46. The van der Waals surface area contributed by atoms with Gasteiger partial charge in [0.1, 0.15) is 17.4 Å². The molecule has 18 heavy (non-hydrogen) atoms. The van der Waals surface area contributed by atoms with E-state index in [1.54, 1.807) is 0 Å². The number of carbonyl (C=O) groups excluding carboxylic acids is 1. The van der Waals surface area contributed by atoms with Crippen molar-refractivity contribution in [1.82, 2.24) is 9.78 Å². The molecule has 2 aromatic rings. The number of aromatic nitrogens is 2. The van der Waals surface area contributed by atoms with Gasteiger partial charge in [-0.1, -0.05) is 6.07 Å². The topological polar surface area (TPSA) is 104 Å². The van der Waals surface area contributed by atoms with E-state index in [0.717, 1.165) is 9.56 Å². The molecule has 0 aliphatic heterocycles. The predicted molar refractivity (Wildman–Crippen MR) is 70.1 cm³/mol. The molecule has 94 valence electrons. The number of rotatable bonds is 3. The van der Waals surface area contributed by atoms with Crippen molar-refractivity contribution >= 4 is 22.9 Å². The maximum atomic E-state index is 11.8. The lowest BCUT2D eigenvalue weighted by molar-refractivity contribution is -0.121. The van der Waals surface area contributed by atoms with Gasteiger partial charge in [-0.25, -0.2) is 4.68 Å². The highest BCUT2D eigenvalue weighted by molar-refractivity contribution is 7.13. The van der Waals surface area contributed by atoms with Gasteiger partial charge in [-0.3, -0.25) is 9.59 Å². The molecule has 0 saturated heterocycles. The molecule has 0 fully saturated rings. The average molecular weight is 264 g/mol. The normalized spacial score (nSPS) is 12.3. The van der Waals surface area contributed by atoms with E-state index in [0.29, 0.717) is 5.69 Å². The van der Waals surface area contributed by atoms with Gasteiger partial charge in [0.25, 0.3) is 5.56 Å². The zero-order valence-electron chi connectivity index (χ0n) is 9.66. The van der Waals surface area contributed by atoms with Gasteiger partial charge in [0, 0.05) is 0 Å². The first-order valence-electron chi connectivity index (χ1n) is 5.23. The molecule has 0 radical (unpaired) electrons. The van der Waals surface area contributed by atoms with Gasteiger partial charge < -0.3 is 11.5 Å². The summed E-state index contributed by atoms with van der Waals surface area (Å²) in [6.07, 6.45) is 0. The lowest BCUT2D eigenvalue weighted by atomic mass is 10.3. The molecule has 0 bridgehead atoms. The van der Waals surface area contributed by atoms with Crippen LogP contribution in [0.4, 0.5) is 5.69 Å². The summed E-state index contributed by atoms with van der Waals surface area (Å²) >= 11 is 1.47. The molecule has 7 heteroatoms. The molecule has 2 heterocycles. The summed E-state index contributed by atoms with van der Waals surface area (Å²) in [5.41, 5.74) is 10.9. The van der Waals surface area contributed by atoms with Crippen LogP contribution in [0.1, 0.15) is 13.0 Å². The predicted octanol–water partition coefficient (Wildman–Crippen LogP) is 0.600. The SMILES string of the molecule is CC(C(N)=O)n1nc(-c2cccs2)cc(N)c1=O. The summed E-state index contributed by atoms with van der Waals surface area (Å²) in [5.74, 6) is -0.632. The number of nitrogens with zero attached hydrogens (tertiary/aromatic N) is 2. The van der Waals surface area contributed by atoms with Gasteiger partial charge in [0.05, 0.1) is 4.88 Å². The fourth-order valence-corrected chi connectivity index (χ4v) is 2.14. The zero-order valence-corrected chi connectivity index (χ0v) is 10.5. The Morgan fingerprint density at radius 3 is 2.83 bits per heavy atom. The van der Waals surface area contributed by atoms with E-state index in [1.165, 1.54) is 24.3 Å². The van der Waals surface area contributed by atoms with Crippen LogP contribution in [0.5, 0.6) is 0 Å². The van der Waals surface area contributed by atoms with Gasteiger partial charge in [0.15, 0.2) is 0 Å². The third-order valence-electron chi connectivity index (χ3n) is 2.51. The number of hydrogen-bond donors (Lipinski definition) is 2. The molecular formula is C11H12N4O2S. The Balaban J connectivity index is 2.60. The minimum atomic E-state index is -0.834. The van der Waals surface area contributed by atoms with Crippen molar-refractivity contribution < 1.29 is 4.79 Å². The molecule has 0 saturated carbocycles. The largest absolute Gasteiger partial charge is 0.394 e. The number of amides is 1. The summed E-state index contributed by atoms with van der Waals surface area (Å²) in [4.78, 5) is 23.8. The van der Waals surface area contributed by atoms with Crippen molar-refractivity contribution in [1.29, 1.82) is 0 Å². The average Bonchev–Trinajstić information content (AvgIpc) is 2.85. The molecular weight excluding hydrogens is 252 g/mol. The standard InChI is InChI=1S/C11H12N4O2S/c1-6(10(13)16)15-11(17)7(12)5-8(14-15)9-3-2-4-18-9/h2-6H,12H2,1H3,(H2,13,16). The number of anilines is 1. The molecule has 6 nitrogen and oxygen atoms in total. The van der Waals surface area contributed by atoms with Crippen LogP contribution in [-0.4, -0.2) is 15.7 Å². The smallest absolute Gasteiger partial charge is 0.290 e. The van der Waals surface area contributed by atoms with Crippen molar-refractivity contribution in [3.05, 3.63) is 33.9 Å². The quantitative estimate of drug-likeness (QED) is 0.847. The van der Waals surface area contributed by atoms with Crippen molar-refractivity contribution in [3.63, 3.8) is 0 Å². The number of primary amides is 1. The Morgan fingerprint density at radius 2 is 2.28 bits per heavy atom. The third kappa shape index (κ3) is 2.12. The van der Waals surface area contributed by atoms with Crippen LogP contribution in [0, 0.1) is 0 Å². The van der Waals surface area contributed by atoms with Gasteiger partial charge >= 0.3 is 0 Å². The minimum Gasteiger partial charge on any atom is -0.394 e. The van der Waals surface area contributed by atoms with Crippen LogP contribution in [0.25, 0.3) is 10.6 Å². The Morgan fingerprint density at radius 1 is 1.56 bits per heavy atom. The molecule has 0 aromatic carbocycles. The summed E-state index contributed by atoms with van der Waals surface area (Å²) in [7, 11) is 0. The Labute approximate surface area is 107 Å². The number of thiophene rings is 1. The fraction of sp³-hybridized carbons (Fsp3) is 0.182. The Hall–Kier alpha value is -2.15. The van der Waals surface area contributed by atoms with Crippen LogP contribution >= 0.6 is 11.3 Å². The highest BCUT2D eigenvalue weighted by Gasteiger charge is 2.17.